The molecule has 0 saturated carbocycles. The Bertz CT molecular complexity index is 1100. The Balaban J connectivity index is 2.60. The smallest absolute Gasteiger partial charge is 0.415 e. The van der Waals surface area contributed by atoms with Crippen LogP contribution in [0.15, 0.2) is 65.7 Å². The Hall–Kier alpha value is -2.86. The van der Waals surface area contributed by atoms with Crippen molar-refractivity contribution in [3.8, 4) is 11.8 Å². The highest BCUT2D eigenvalue weighted by Crippen LogP contribution is 2.39. The summed E-state index contributed by atoms with van der Waals surface area (Å²) < 4.78 is 53.4. The van der Waals surface area contributed by atoms with Crippen LogP contribution in [0.3, 0.4) is 0 Å². The summed E-state index contributed by atoms with van der Waals surface area (Å²) in [5, 5.41) is 10.7. The van der Waals surface area contributed by atoms with Crippen molar-refractivity contribution >= 4 is 14.3 Å². The molecular weight excluding hydrogens is 473 g/mol. The van der Waals surface area contributed by atoms with Crippen molar-refractivity contribution < 1.29 is 32.2 Å². The summed E-state index contributed by atoms with van der Waals surface area (Å²) in [7, 11) is -1.27. The topological polar surface area (TPSA) is 55.8 Å². The summed E-state index contributed by atoms with van der Waals surface area (Å²) in [5.74, 6) is 4.72. The molecule has 0 saturated heterocycles. The SMILES string of the molecule is COC(=O)c1ccc(C#C/C(=C(/CO[Si](C)(C)C(C)(C)C)C(F)(F)F)C(O)c2ccccc2)cc1. The summed E-state index contributed by atoms with van der Waals surface area (Å²) >= 11 is 0. The average molecular weight is 505 g/mol. The minimum Gasteiger partial charge on any atom is -0.465 e. The highest BCUT2D eigenvalue weighted by molar-refractivity contribution is 6.74. The van der Waals surface area contributed by atoms with Gasteiger partial charge in [0.1, 0.15) is 6.10 Å². The van der Waals surface area contributed by atoms with Crippen molar-refractivity contribution in [1.82, 2.24) is 0 Å². The molecule has 0 fully saturated rings. The van der Waals surface area contributed by atoms with E-state index in [-0.39, 0.29) is 16.2 Å². The Morgan fingerprint density at radius 3 is 2.09 bits per heavy atom. The predicted octanol–water partition coefficient (Wildman–Crippen LogP) is 6.44. The van der Waals surface area contributed by atoms with Crippen LogP contribution in [-0.4, -0.2) is 39.3 Å². The molecule has 35 heavy (non-hydrogen) atoms. The van der Waals surface area contributed by atoms with Crippen molar-refractivity contribution in [2.24, 2.45) is 0 Å². The maximum absolute atomic E-state index is 14.3. The van der Waals surface area contributed by atoms with Crippen molar-refractivity contribution in [3.05, 3.63) is 82.4 Å². The number of hydrogen-bond donors (Lipinski definition) is 1. The first-order valence-electron chi connectivity index (χ1n) is 11.0. The normalized spacial score (nSPS) is 13.9. The second kappa shape index (κ2) is 11.3. The fraction of sp³-hybridized carbons (Fsp3) is 0.370. The first-order chi connectivity index (χ1) is 16.2. The van der Waals surface area contributed by atoms with E-state index in [4.69, 9.17) is 4.43 Å². The van der Waals surface area contributed by atoms with Crippen LogP contribution in [0.5, 0.6) is 0 Å². The lowest BCUT2D eigenvalue weighted by Gasteiger charge is -2.36. The van der Waals surface area contributed by atoms with Crippen LogP contribution in [0.1, 0.15) is 48.4 Å². The number of methoxy groups -OCH3 is 1. The maximum Gasteiger partial charge on any atom is 0.415 e. The summed E-state index contributed by atoms with van der Waals surface area (Å²) in [6, 6.07) is 14.0. The minimum atomic E-state index is -4.77. The van der Waals surface area contributed by atoms with Crippen LogP contribution in [0.4, 0.5) is 13.2 Å². The Morgan fingerprint density at radius 2 is 1.60 bits per heavy atom. The second-order valence-electron chi connectivity index (χ2n) is 9.57. The summed E-state index contributed by atoms with van der Waals surface area (Å²) in [6.07, 6.45) is -6.37. The Kier molecular flexibility index (Phi) is 9.12. The number of benzene rings is 2. The molecule has 4 nitrogen and oxygen atoms in total. The number of halogens is 3. The molecule has 0 aliphatic carbocycles. The first-order valence-corrected chi connectivity index (χ1v) is 14.0. The standard InChI is InChI=1S/C27H31F3O4Si/c1-26(2,3)35(5,6)34-18-23(27(28,29)30)22(24(31)20-10-8-7-9-11-20)17-14-19-12-15-21(16-13-19)25(32)33-4/h7-13,15-16,24,31H,18H2,1-6H3/b23-22+. The molecule has 1 N–H and O–H groups in total. The number of esters is 1. The number of ether oxygens (including phenoxy) is 1. The van der Waals surface area contributed by atoms with Crippen molar-refractivity contribution in [2.45, 2.75) is 51.2 Å². The van der Waals surface area contributed by atoms with Gasteiger partial charge in [-0.25, -0.2) is 4.79 Å². The molecule has 0 radical (unpaired) electrons. The zero-order valence-electron chi connectivity index (χ0n) is 20.8. The summed E-state index contributed by atoms with van der Waals surface area (Å²) in [6.45, 7) is 8.83. The van der Waals surface area contributed by atoms with Crippen molar-refractivity contribution in [3.63, 3.8) is 0 Å². The van der Waals surface area contributed by atoms with Crippen LogP contribution >= 0.6 is 0 Å². The number of rotatable bonds is 6. The van der Waals surface area contributed by atoms with Gasteiger partial charge < -0.3 is 14.3 Å². The Labute approximate surface area is 205 Å². The van der Waals surface area contributed by atoms with Gasteiger partial charge in [-0.2, -0.15) is 13.2 Å². The van der Waals surface area contributed by atoms with Crippen molar-refractivity contribution in [2.75, 3.05) is 13.7 Å². The number of carbonyl (C=O) groups excluding carboxylic acids is 1. The van der Waals surface area contributed by atoms with Gasteiger partial charge in [-0.1, -0.05) is 62.9 Å². The molecule has 1 atom stereocenters. The lowest BCUT2D eigenvalue weighted by atomic mass is 9.96. The largest absolute Gasteiger partial charge is 0.465 e. The van der Waals surface area contributed by atoms with Gasteiger partial charge in [0, 0.05) is 11.1 Å². The van der Waals surface area contributed by atoms with E-state index in [9.17, 15) is 23.1 Å². The molecule has 188 valence electrons. The molecule has 8 heteroatoms. The van der Waals surface area contributed by atoms with E-state index >= 15 is 0 Å². The number of aliphatic hydroxyl groups excluding tert-OH is 1. The monoisotopic (exact) mass is 504 g/mol. The number of carbonyl (C=O) groups is 1. The molecule has 0 heterocycles. The molecule has 0 spiro atoms. The van der Waals surface area contributed by atoms with E-state index < -0.39 is 44.3 Å². The summed E-state index contributed by atoms with van der Waals surface area (Å²) in [5.41, 5.74) is -0.539. The van der Waals surface area contributed by atoms with E-state index in [0.717, 1.165) is 0 Å². The molecule has 0 amide bonds. The maximum atomic E-state index is 14.3. The van der Waals surface area contributed by atoms with Gasteiger partial charge in [-0.3, -0.25) is 0 Å². The molecular formula is C27H31F3O4Si. The zero-order chi connectivity index (χ0) is 26.4. The second-order valence-corrected chi connectivity index (χ2v) is 14.4. The third-order valence-corrected chi connectivity index (χ3v) is 10.6. The quantitative estimate of drug-likeness (QED) is 0.279. The van der Waals surface area contributed by atoms with E-state index in [1.165, 1.54) is 31.4 Å². The van der Waals surface area contributed by atoms with Gasteiger partial charge in [-0.15, -0.1) is 0 Å². The highest BCUT2D eigenvalue weighted by atomic mass is 28.4. The fourth-order valence-corrected chi connectivity index (χ4v) is 3.78. The zero-order valence-corrected chi connectivity index (χ0v) is 21.8. The van der Waals surface area contributed by atoms with Crippen LogP contribution in [0.2, 0.25) is 18.1 Å². The third kappa shape index (κ3) is 7.56. The number of hydrogen-bond acceptors (Lipinski definition) is 4. The molecule has 2 aromatic rings. The molecule has 2 rings (SSSR count). The summed E-state index contributed by atoms with van der Waals surface area (Å²) in [4.78, 5) is 11.6. The minimum absolute atomic E-state index is 0.284. The van der Waals surface area contributed by atoms with E-state index in [1.54, 1.807) is 30.3 Å². The van der Waals surface area contributed by atoms with Gasteiger partial charge in [0.15, 0.2) is 8.32 Å². The first kappa shape index (κ1) is 28.4. The highest BCUT2D eigenvalue weighted by Gasteiger charge is 2.42. The van der Waals surface area contributed by atoms with Crippen LogP contribution in [-0.2, 0) is 9.16 Å². The molecule has 1 unspecified atom stereocenters. The van der Waals surface area contributed by atoms with Crippen LogP contribution < -0.4 is 0 Å². The lowest BCUT2D eigenvalue weighted by Crippen LogP contribution is -2.42. The molecule has 0 aliphatic heterocycles. The lowest BCUT2D eigenvalue weighted by molar-refractivity contribution is -0.0986. The van der Waals surface area contributed by atoms with E-state index in [1.807, 2.05) is 33.9 Å². The van der Waals surface area contributed by atoms with E-state index in [0.29, 0.717) is 5.56 Å². The molecule has 2 aromatic carbocycles. The number of alkyl halides is 3. The number of aliphatic hydroxyl groups is 1. The molecule has 0 aromatic heterocycles. The molecule has 0 bridgehead atoms. The van der Waals surface area contributed by atoms with Crippen LogP contribution in [0.25, 0.3) is 0 Å². The van der Waals surface area contributed by atoms with Gasteiger partial charge in [-0.05, 0) is 48.0 Å². The fourth-order valence-electron chi connectivity index (χ4n) is 2.84. The van der Waals surface area contributed by atoms with Gasteiger partial charge >= 0.3 is 12.1 Å². The van der Waals surface area contributed by atoms with Gasteiger partial charge in [0.05, 0.1) is 24.9 Å². The van der Waals surface area contributed by atoms with Gasteiger partial charge in [0.25, 0.3) is 0 Å². The van der Waals surface area contributed by atoms with Gasteiger partial charge in [0.2, 0.25) is 0 Å². The third-order valence-electron chi connectivity index (χ3n) is 6.09. The van der Waals surface area contributed by atoms with E-state index in [2.05, 4.69) is 16.6 Å². The average Bonchev–Trinajstić information content (AvgIpc) is 2.79. The molecule has 0 aliphatic rings. The van der Waals surface area contributed by atoms with Crippen LogP contribution in [0, 0.1) is 11.8 Å². The predicted molar refractivity (Wildman–Crippen MR) is 132 cm³/mol. The van der Waals surface area contributed by atoms with Crippen molar-refractivity contribution in [1.29, 1.82) is 0 Å². The Morgan fingerprint density at radius 1 is 1.03 bits per heavy atom.